The second kappa shape index (κ2) is 6.21. The van der Waals surface area contributed by atoms with Crippen molar-refractivity contribution in [1.82, 2.24) is 15.1 Å². The molecule has 2 rings (SSSR count). The average Bonchev–Trinajstić information content (AvgIpc) is 3.08. The molecule has 108 valence electrons. The summed E-state index contributed by atoms with van der Waals surface area (Å²) in [5.74, 6) is 0. The summed E-state index contributed by atoms with van der Waals surface area (Å²) in [7, 11) is 1.88. The first-order chi connectivity index (χ1) is 9.08. The standard InChI is InChI=1S/C15H28N4/c1-13(10-15(2,12-16)17-3)19-9-6-14(11-19)18-7-4-5-8-18/h13-14,17H,4-11H2,1-3H3. The van der Waals surface area contributed by atoms with Gasteiger partial charge in [-0.2, -0.15) is 5.26 Å². The lowest BCUT2D eigenvalue weighted by molar-refractivity contribution is 0.186. The summed E-state index contributed by atoms with van der Waals surface area (Å²) in [6, 6.07) is 3.63. The van der Waals surface area contributed by atoms with E-state index < -0.39 is 5.54 Å². The van der Waals surface area contributed by atoms with Crippen molar-refractivity contribution in [2.24, 2.45) is 0 Å². The molecular weight excluding hydrogens is 236 g/mol. The van der Waals surface area contributed by atoms with Crippen molar-refractivity contribution >= 4 is 0 Å². The van der Waals surface area contributed by atoms with Crippen LogP contribution in [0.15, 0.2) is 0 Å². The number of likely N-dealkylation sites (tertiary alicyclic amines) is 2. The molecule has 0 aliphatic carbocycles. The summed E-state index contributed by atoms with van der Waals surface area (Å²) < 4.78 is 0. The van der Waals surface area contributed by atoms with E-state index in [2.05, 4.69) is 28.1 Å². The average molecular weight is 264 g/mol. The third kappa shape index (κ3) is 3.47. The van der Waals surface area contributed by atoms with Gasteiger partial charge >= 0.3 is 0 Å². The monoisotopic (exact) mass is 264 g/mol. The molecule has 2 aliphatic heterocycles. The van der Waals surface area contributed by atoms with Crippen LogP contribution in [-0.4, -0.2) is 60.6 Å². The molecule has 0 aromatic heterocycles. The Hall–Kier alpha value is -0.630. The van der Waals surface area contributed by atoms with Gasteiger partial charge in [0.25, 0.3) is 0 Å². The van der Waals surface area contributed by atoms with Crippen molar-refractivity contribution in [3.8, 4) is 6.07 Å². The second-order valence-corrected chi connectivity index (χ2v) is 6.43. The third-order valence-electron chi connectivity index (χ3n) is 4.98. The highest BCUT2D eigenvalue weighted by Gasteiger charge is 2.34. The van der Waals surface area contributed by atoms with E-state index in [1.807, 2.05) is 14.0 Å². The summed E-state index contributed by atoms with van der Waals surface area (Å²) in [5.41, 5.74) is -0.398. The Balaban J connectivity index is 1.84. The molecule has 4 nitrogen and oxygen atoms in total. The molecule has 19 heavy (non-hydrogen) atoms. The number of hydrogen-bond acceptors (Lipinski definition) is 4. The third-order valence-corrected chi connectivity index (χ3v) is 4.98. The Morgan fingerprint density at radius 1 is 1.37 bits per heavy atom. The summed E-state index contributed by atoms with van der Waals surface area (Å²) >= 11 is 0. The summed E-state index contributed by atoms with van der Waals surface area (Å²) in [6.07, 6.45) is 4.94. The van der Waals surface area contributed by atoms with Crippen LogP contribution in [0.2, 0.25) is 0 Å². The van der Waals surface area contributed by atoms with Crippen molar-refractivity contribution < 1.29 is 0 Å². The molecule has 3 unspecified atom stereocenters. The maximum atomic E-state index is 9.26. The Bertz CT molecular complexity index is 332. The zero-order valence-electron chi connectivity index (χ0n) is 12.7. The molecule has 0 saturated carbocycles. The number of nitriles is 1. The van der Waals surface area contributed by atoms with E-state index in [1.54, 1.807) is 0 Å². The summed E-state index contributed by atoms with van der Waals surface area (Å²) in [4.78, 5) is 5.23. The smallest absolute Gasteiger partial charge is 0.105 e. The number of nitrogens with zero attached hydrogens (tertiary/aromatic N) is 3. The maximum Gasteiger partial charge on any atom is 0.105 e. The topological polar surface area (TPSA) is 42.3 Å². The fourth-order valence-electron chi connectivity index (χ4n) is 3.50. The molecule has 2 heterocycles. The van der Waals surface area contributed by atoms with Gasteiger partial charge in [-0.15, -0.1) is 0 Å². The molecule has 2 fully saturated rings. The molecule has 0 aromatic carbocycles. The predicted octanol–water partition coefficient (Wildman–Crippen LogP) is 1.44. The molecule has 4 heteroatoms. The minimum absolute atomic E-state index is 0.398. The number of rotatable bonds is 5. The van der Waals surface area contributed by atoms with Gasteiger partial charge in [-0.1, -0.05) is 0 Å². The largest absolute Gasteiger partial charge is 0.303 e. The first kappa shape index (κ1) is 14.8. The van der Waals surface area contributed by atoms with Crippen molar-refractivity contribution in [1.29, 1.82) is 5.26 Å². The predicted molar refractivity (Wildman–Crippen MR) is 77.9 cm³/mol. The fraction of sp³-hybridized carbons (Fsp3) is 0.933. The van der Waals surface area contributed by atoms with Gasteiger partial charge in [0.05, 0.1) is 6.07 Å². The van der Waals surface area contributed by atoms with Gasteiger partial charge in [0.1, 0.15) is 5.54 Å². The summed E-state index contributed by atoms with van der Waals surface area (Å²) in [5, 5.41) is 12.4. The molecule has 3 atom stereocenters. The van der Waals surface area contributed by atoms with Gasteiger partial charge in [-0.25, -0.2) is 0 Å². The van der Waals surface area contributed by atoms with E-state index >= 15 is 0 Å². The first-order valence-electron chi connectivity index (χ1n) is 7.66. The van der Waals surface area contributed by atoms with E-state index in [4.69, 9.17) is 0 Å². The molecule has 0 amide bonds. The molecule has 0 aromatic rings. The van der Waals surface area contributed by atoms with Gasteiger partial charge in [-0.3, -0.25) is 9.80 Å². The van der Waals surface area contributed by atoms with Crippen molar-refractivity contribution in [3.63, 3.8) is 0 Å². The molecular formula is C15H28N4. The molecule has 2 saturated heterocycles. The highest BCUT2D eigenvalue weighted by atomic mass is 15.3. The van der Waals surface area contributed by atoms with E-state index in [0.717, 1.165) is 12.5 Å². The van der Waals surface area contributed by atoms with Crippen LogP contribution in [-0.2, 0) is 0 Å². The van der Waals surface area contributed by atoms with Crippen LogP contribution in [0.4, 0.5) is 0 Å². The number of hydrogen-bond donors (Lipinski definition) is 1. The van der Waals surface area contributed by atoms with E-state index in [-0.39, 0.29) is 0 Å². The SMILES string of the molecule is CNC(C)(C#N)CC(C)N1CCC(N2CCCC2)C1. The lowest BCUT2D eigenvalue weighted by Gasteiger charge is -2.31. The van der Waals surface area contributed by atoms with Crippen LogP contribution < -0.4 is 5.32 Å². The zero-order valence-corrected chi connectivity index (χ0v) is 12.7. The van der Waals surface area contributed by atoms with Gasteiger partial charge in [0, 0.05) is 25.2 Å². The number of nitrogens with one attached hydrogen (secondary N) is 1. The zero-order chi connectivity index (χ0) is 13.9. The molecule has 1 N–H and O–H groups in total. The van der Waals surface area contributed by atoms with Crippen molar-refractivity contribution in [2.45, 2.75) is 57.2 Å². The lowest BCUT2D eigenvalue weighted by Crippen LogP contribution is -2.46. The molecule has 0 spiro atoms. The van der Waals surface area contributed by atoms with E-state index in [9.17, 15) is 5.26 Å². The van der Waals surface area contributed by atoms with Crippen LogP contribution in [0.1, 0.15) is 39.5 Å². The Labute approximate surface area is 117 Å². The first-order valence-corrected chi connectivity index (χ1v) is 7.66. The van der Waals surface area contributed by atoms with Gasteiger partial charge in [0.2, 0.25) is 0 Å². The van der Waals surface area contributed by atoms with Gasteiger partial charge < -0.3 is 5.32 Å². The van der Waals surface area contributed by atoms with Crippen molar-refractivity contribution in [2.75, 3.05) is 33.2 Å². The normalized spacial score (nSPS) is 30.1. The molecule has 0 bridgehead atoms. The highest BCUT2D eigenvalue weighted by Crippen LogP contribution is 2.24. The highest BCUT2D eigenvalue weighted by molar-refractivity contribution is 5.05. The molecule has 0 radical (unpaired) electrons. The Morgan fingerprint density at radius 2 is 2.05 bits per heavy atom. The molecule has 2 aliphatic rings. The second-order valence-electron chi connectivity index (χ2n) is 6.43. The fourth-order valence-corrected chi connectivity index (χ4v) is 3.50. The Morgan fingerprint density at radius 3 is 2.63 bits per heavy atom. The van der Waals surface area contributed by atoms with Crippen LogP contribution in [0.5, 0.6) is 0 Å². The van der Waals surface area contributed by atoms with Gasteiger partial charge in [0.15, 0.2) is 0 Å². The van der Waals surface area contributed by atoms with Crippen LogP contribution in [0, 0.1) is 11.3 Å². The van der Waals surface area contributed by atoms with E-state index in [1.165, 1.54) is 45.4 Å². The maximum absolute atomic E-state index is 9.26. The lowest BCUT2D eigenvalue weighted by atomic mass is 9.95. The van der Waals surface area contributed by atoms with E-state index in [0.29, 0.717) is 6.04 Å². The minimum Gasteiger partial charge on any atom is -0.303 e. The van der Waals surface area contributed by atoms with Crippen molar-refractivity contribution in [3.05, 3.63) is 0 Å². The Kier molecular flexibility index (Phi) is 4.83. The quantitative estimate of drug-likeness (QED) is 0.816. The van der Waals surface area contributed by atoms with Crippen LogP contribution in [0.25, 0.3) is 0 Å². The van der Waals surface area contributed by atoms with Gasteiger partial charge in [-0.05, 0) is 59.7 Å². The van der Waals surface area contributed by atoms with Crippen LogP contribution >= 0.6 is 0 Å². The van der Waals surface area contributed by atoms with Crippen LogP contribution in [0.3, 0.4) is 0 Å². The summed E-state index contributed by atoms with van der Waals surface area (Å²) in [6.45, 7) is 9.22. The minimum atomic E-state index is -0.398.